The maximum atomic E-state index is 5.68. The van der Waals surface area contributed by atoms with Crippen LogP contribution in [0.2, 0.25) is 0 Å². The molecule has 19 heavy (non-hydrogen) atoms. The molecule has 0 amide bonds. The van der Waals surface area contributed by atoms with E-state index in [0.717, 1.165) is 17.1 Å². The van der Waals surface area contributed by atoms with Crippen LogP contribution in [0.25, 0.3) is 0 Å². The van der Waals surface area contributed by atoms with Gasteiger partial charge in [0.25, 0.3) is 0 Å². The molecular formula is C15H19N3O. The Morgan fingerprint density at radius 1 is 1.21 bits per heavy atom. The first-order chi connectivity index (χ1) is 9.19. The summed E-state index contributed by atoms with van der Waals surface area (Å²) >= 11 is 0. The van der Waals surface area contributed by atoms with E-state index < -0.39 is 0 Å². The van der Waals surface area contributed by atoms with Gasteiger partial charge in [0, 0.05) is 17.8 Å². The number of aromatic nitrogens is 1. The van der Waals surface area contributed by atoms with E-state index in [2.05, 4.69) is 17.2 Å². The molecule has 1 heterocycles. The minimum Gasteiger partial charge on any atom is -0.478 e. The van der Waals surface area contributed by atoms with Crippen molar-refractivity contribution in [3.05, 3.63) is 48.0 Å². The van der Waals surface area contributed by atoms with E-state index in [4.69, 9.17) is 10.5 Å². The number of pyridine rings is 1. The molecule has 1 unspecified atom stereocenters. The average Bonchev–Trinajstić information content (AvgIpc) is 2.40. The molecule has 100 valence electrons. The number of nitrogens with two attached hydrogens (primary N) is 1. The minimum absolute atomic E-state index is 0.157. The van der Waals surface area contributed by atoms with Crippen molar-refractivity contribution in [3.8, 4) is 5.88 Å². The lowest BCUT2D eigenvalue weighted by atomic mass is 10.1. The minimum atomic E-state index is 0.157. The van der Waals surface area contributed by atoms with Crippen molar-refractivity contribution in [2.45, 2.75) is 19.9 Å². The quantitative estimate of drug-likeness (QED) is 0.807. The van der Waals surface area contributed by atoms with Crippen molar-refractivity contribution in [1.29, 1.82) is 0 Å². The Morgan fingerprint density at radius 2 is 1.95 bits per heavy atom. The molecule has 0 fully saturated rings. The van der Waals surface area contributed by atoms with Crippen molar-refractivity contribution >= 4 is 11.5 Å². The standard InChI is InChI=1S/C15H19N3O/c1-3-19-15-6-4-5-14(18-15)17-11(2)12-7-9-13(16)10-8-12/h4-11H,3,16H2,1-2H3,(H,17,18). The molecule has 0 spiro atoms. The van der Waals surface area contributed by atoms with Crippen LogP contribution in [-0.4, -0.2) is 11.6 Å². The fourth-order valence-electron chi connectivity index (χ4n) is 1.81. The molecule has 0 saturated heterocycles. The Labute approximate surface area is 113 Å². The highest BCUT2D eigenvalue weighted by Gasteiger charge is 2.06. The predicted molar refractivity (Wildman–Crippen MR) is 78.3 cm³/mol. The molecule has 2 aromatic rings. The van der Waals surface area contributed by atoms with Gasteiger partial charge in [0.1, 0.15) is 5.82 Å². The molecule has 1 aromatic heterocycles. The fourth-order valence-corrected chi connectivity index (χ4v) is 1.81. The first-order valence-corrected chi connectivity index (χ1v) is 6.41. The first-order valence-electron chi connectivity index (χ1n) is 6.41. The summed E-state index contributed by atoms with van der Waals surface area (Å²) in [5.41, 5.74) is 7.62. The van der Waals surface area contributed by atoms with Crippen LogP contribution < -0.4 is 15.8 Å². The van der Waals surface area contributed by atoms with E-state index >= 15 is 0 Å². The third-order valence-corrected chi connectivity index (χ3v) is 2.82. The zero-order chi connectivity index (χ0) is 13.7. The number of anilines is 2. The molecule has 1 aromatic carbocycles. The summed E-state index contributed by atoms with van der Waals surface area (Å²) in [4.78, 5) is 4.39. The van der Waals surface area contributed by atoms with Gasteiger partial charge in [-0.1, -0.05) is 18.2 Å². The van der Waals surface area contributed by atoms with E-state index in [1.165, 1.54) is 0 Å². The van der Waals surface area contributed by atoms with Crippen LogP contribution in [0.1, 0.15) is 25.5 Å². The van der Waals surface area contributed by atoms with Crippen molar-refractivity contribution in [1.82, 2.24) is 4.98 Å². The Balaban J connectivity index is 2.07. The molecule has 4 heteroatoms. The van der Waals surface area contributed by atoms with Crippen LogP contribution in [0, 0.1) is 0 Å². The Morgan fingerprint density at radius 3 is 2.63 bits per heavy atom. The Hall–Kier alpha value is -2.23. The summed E-state index contributed by atoms with van der Waals surface area (Å²) in [5, 5.41) is 3.34. The SMILES string of the molecule is CCOc1cccc(NC(C)c2ccc(N)cc2)n1. The monoisotopic (exact) mass is 257 g/mol. The van der Waals surface area contributed by atoms with E-state index in [1.54, 1.807) is 0 Å². The fraction of sp³-hybridized carbons (Fsp3) is 0.267. The highest BCUT2D eigenvalue weighted by Crippen LogP contribution is 2.20. The number of ether oxygens (including phenoxy) is 1. The smallest absolute Gasteiger partial charge is 0.215 e. The zero-order valence-electron chi connectivity index (χ0n) is 11.3. The van der Waals surface area contributed by atoms with Crippen LogP contribution in [0.5, 0.6) is 5.88 Å². The molecule has 4 nitrogen and oxygen atoms in total. The summed E-state index contributed by atoms with van der Waals surface area (Å²) in [7, 11) is 0. The van der Waals surface area contributed by atoms with Gasteiger partial charge in [0.15, 0.2) is 0 Å². The van der Waals surface area contributed by atoms with Crippen LogP contribution >= 0.6 is 0 Å². The summed E-state index contributed by atoms with van der Waals surface area (Å²) in [5.74, 6) is 1.44. The second kappa shape index (κ2) is 6.09. The van der Waals surface area contributed by atoms with Gasteiger partial charge in [-0.05, 0) is 37.6 Å². The van der Waals surface area contributed by atoms with Crippen LogP contribution in [0.15, 0.2) is 42.5 Å². The van der Waals surface area contributed by atoms with Crippen molar-refractivity contribution in [2.75, 3.05) is 17.7 Å². The number of hydrogen-bond donors (Lipinski definition) is 2. The molecular weight excluding hydrogens is 238 g/mol. The lowest BCUT2D eigenvalue weighted by molar-refractivity contribution is 0.327. The van der Waals surface area contributed by atoms with Crippen molar-refractivity contribution < 1.29 is 4.74 Å². The van der Waals surface area contributed by atoms with Crippen LogP contribution in [0.4, 0.5) is 11.5 Å². The molecule has 2 rings (SSSR count). The van der Waals surface area contributed by atoms with Gasteiger partial charge in [0.05, 0.1) is 6.61 Å². The van der Waals surface area contributed by atoms with Gasteiger partial charge in [-0.15, -0.1) is 0 Å². The van der Waals surface area contributed by atoms with Crippen molar-refractivity contribution in [2.24, 2.45) is 0 Å². The third-order valence-electron chi connectivity index (χ3n) is 2.82. The van der Waals surface area contributed by atoms with Crippen molar-refractivity contribution in [3.63, 3.8) is 0 Å². The maximum absolute atomic E-state index is 5.68. The molecule has 1 atom stereocenters. The van der Waals surface area contributed by atoms with Gasteiger partial charge in [-0.2, -0.15) is 4.98 Å². The molecule has 0 aliphatic heterocycles. The Bertz CT molecular complexity index is 525. The van der Waals surface area contributed by atoms with E-state index in [-0.39, 0.29) is 6.04 Å². The molecule has 0 bridgehead atoms. The lowest BCUT2D eigenvalue weighted by Crippen LogP contribution is -2.08. The molecule has 0 radical (unpaired) electrons. The van der Waals surface area contributed by atoms with Gasteiger partial charge >= 0.3 is 0 Å². The largest absolute Gasteiger partial charge is 0.478 e. The summed E-state index contributed by atoms with van der Waals surface area (Å²) in [6.07, 6.45) is 0. The maximum Gasteiger partial charge on any atom is 0.215 e. The van der Waals surface area contributed by atoms with Crippen LogP contribution in [-0.2, 0) is 0 Å². The lowest BCUT2D eigenvalue weighted by Gasteiger charge is -2.15. The summed E-state index contributed by atoms with van der Waals surface area (Å²) < 4.78 is 5.38. The summed E-state index contributed by atoms with van der Waals surface area (Å²) in [6, 6.07) is 13.7. The third kappa shape index (κ3) is 3.61. The van der Waals surface area contributed by atoms with Crippen LogP contribution in [0.3, 0.4) is 0 Å². The topological polar surface area (TPSA) is 60.2 Å². The Kier molecular flexibility index (Phi) is 4.23. The van der Waals surface area contributed by atoms with E-state index in [1.807, 2.05) is 49.4 Å². The molecule has 0 saturated carbocycles. The summed E-state index contributed by atoms with van der Waals surface area (Å²) in [6.45, 7) is 4.64. The normalized spacial score (nSPS) is 11.9. The molecule has 0 aliphatic rings. The van der Waals surface area contributed by atoms with Gasteiger partial charge < -0.3 is 15.8 Å². The van der Waals surface area contributed by atoms with Gasteiger partial charge in [-0.25, -0.2) is 0 Å². The molecule has 0 aliphatic carbocycles. The van der Waals surface area contributed by atoms with Gasteiger partial charge in [0.2, 0.25) is 5.88 Å². The number of rotatable bonds is 5. The number of nitrogens with zero attached hydrogens (tertiary/aromatic N) is 1. The van der Waals surface area contributed by atoms with E-state index in [0.29, 0.717) is 12.5 Å². The number of nitrogen functional groups attached to an aromatic ring is 1. The average molecular weight is 257 g/mol. The highest BCUT2D eigenvalue weighted by molar-refractivity contribution is 5.44. The number of benzene rings is 1. The first kappa shape index (κ1) is 13.2. The zero-order valence-corrected chi connectivity index (χ0v) is 11.3. The number of nitrogens with one attached hydrogen (secondary N) is 1. The molecule has 3 N–H and O–H groups in total. The number of hydrogen-bond acceptors (Lipinski definition) is 4. The predicted octanol–water partition coefficient (Wildman–Crippen LogP) is 3.24. The highest BCUT2D eigenvalue weighted by atomic mass is 16.5. The second-order valence-corrected chi connectivity index (χ2v) is 4.33. The second-order valence-electron chi connectivity index (χ2n) is 4.33. The van der Waals surface area contributed by atoms with Gasteiger partial charge in [-0.3, -0.25) is 0 Å². The van der Waals surface area contributed by atoms with E-state index in [9.17, 15) is 0 Å².